The number of anilines is 1. The zero-order valence-electron chi connectivity index (χ0n) is 14.9. The summed E-state index contributed by atoms with van der Waals surface area (Å²) in [6.07, 6.45) is 3.73. The van der Waals surface area contributed by atoms with Crippen molar-refractivity contribution in [3.05, 3.63) is 54.2 Å². The summed E-state index contributed by atoms with van der Waals surface area (Å²) in [5.41, 5.74) is 3.48. The van der Waals surface area contributed by atoms with E-state index in [0.29, 0.717) is 0 Å². The van der Waals surface area contributed by atoms with E-state index in [9.17, 15) is 4.39 Å². The highest BCUT2D eigenvalue weighted by Crippen LogP contribution is 2.24. The van der Waals surface area contributed by atoms with Gasteiger partial charge in [0.1, 0.15) is 5.82 Å². The van der Waals surface area contributed by atoms with Crippen molar-refractivity contribution in [1.82, 2.24) is 24.6 Å². The van der Waals surface area contributed by atoms with Gasteiger partial charge in [-0.1, -0.05) is 0 Å². The van der Waals surface area contributed by atoms with Crippen LogP contribution in [0.15, 0.2) is 42.7 Å². The van der Waals surface area contributed by atoms with E-state index < -0.39 is 0 Å². The Morgan fingerprint density at radius 1 is 1.00 bits per heavy atom. The summed E-state index contributed by atoms with van der Waals surface area (Å²) < 4.78 is 14.9. The maximum absolute atomic E-state index is 13.1. The predicted octanol–water partition coefficient (Wildman–Crippen LogP) is 2.53. The summed E-state index contributed by atoms with van der Waals surface area (Å²) in [5, 5.41) is 4.55. The molecule has 134 valence electrons. The molecule has 0 unspecified atom stereocenters. The molecule has 6 nitrogen and oxygen atoms in total. The van der Waals surface area contributed by atoms with Crippen LogP contribution in [0.5, 0.6) is 0 Å². The smallest absolute Gasteiger partial charge is 0.225 e. The molecule has 1 aromatic carbocycles. The lowest BCUT2D eigenvalue weighted by molar-refractivity contribution is 0.311. The van der Waals surface area contributed by atoms with Crippen LogP contribution in [0.25, 0.3) is 16.9 Å². The zero-order chi connectivity index (χ0) is 18.1. The number of nitrogens with zero attached hydrogens (tertiary/aromatic N) is 6. The van der Waals surface area contributed by atoms with Crippen molar-refractivity contribution in [2.45, 2.75) is 6.92 Å². The summed E-state index contributed by atoms with van der Waals surface area (Å²) in [4.78, 5) is 13.7. The number of benzene rings is 1. The quantitative estimate of drug-likeness (QED) is 0.725. The van der Waals surface area contributed by atoms with Gasteiger partial charge in [-0.15, -0.1) is 0 Å². The number of halogens is 1. The number of hydrogen-bond donors (Lipinski definition) is 0. The van der Waals surface area contributed by atoms with E-state index >= 15 is 0 Å². The maximum atomic E-state index is 13.1. The first-order valence-corrected chi connectivity index (χ1v) is 8.69. The average Bonchev–Trinajstić information content (AvgIpc) is 3.05. The molecule has 0 aliphatic carbocycles. The molecule has 4 rings (SSSR count). The summed E-state index contributed by atoms with van der Waals surface area (Å²) >= 11 is 0. The van der Waals surface area contributed by atoms with E-state index in [1.54, 1.807) is 23.0 Å². The van der Waals surface area contributed by atoms with Crippen molar-refractivity contribution in [1.29, 1.82) is 0 Å². The van der Waals surface area contributed by atoms with Crippen LogP contribution < -0.4 is 4.90 Å². The molecule has 0 spiro atoms. The number of hydrogen-bond acceptors (Lipinski definition) is 5. The lowest BCUT2D eigenvalue weighted by Crippen LogP contribution is -2.45. The number of aryl methyl sites for hydroxylation is 1. The second kappa shape index (κ2) is 6.84. The molecular weight excluding hydrogens is 331 g/mol. The Kier molecular flexibility index (Phi) is 4.38. The fraction of sp³-hybridized carbons (Fsp3) is 0.316. The molecule has 0 bridgehead atoms. The monoisotopic (exact) mass is 352 g/mol. The van der Waals surface area contributed by atoms with Gasteiger partial charge in [0.2, 0.25) is 5.95 Å². The largest absolute Gasteiger partial charge is 0.338 e. The van der Waals surface area contributed by atoms with Gasteiger partial charge in [-0.2, -0.15) is 5.10 Å². The van der Waals surface area contributed by atoms with Crippen LogP contribution >= 0.6 is 0 Å². The van der Waals surface area contributed by atoms with Crippen LogP contribution in [0.3, 0.4) is 0 Å². The lowest BCUT2D eigenvalue weighted by atomic mass is 10.2. The maximum Gasteiger partial charge on any atom is 0.225 e. The SMILES string of the molecule is Cc1nn(-c2ccc(F)cc2)cc1-c1ccnc(N2CCN(C)CC2)n1. The normalized spacial score (nSPS) is 15.4. The Bertz CT molecular complexity index is 897. The summed E-state index contributed by atoms with van der Waals surface area (Å²) in [6, 6.07) is 8.19. The Hall–Kier alpha value is -2.80. The van der Waals surface area contributed by atoms with Crippen molar-refractivity contribution in [3.8, 4) is 16.9 Å². The third kappa shape index (κ3) is 3.30. The Morgan fingerprint density at radius 2 is 1.73 bits per heavy atom. The highest BCUT2D eigenvalue weighted by molar-refractivity contribution is 5.62. The zero-order valence-corrected chi connectivity index (χ0v) is 14.9. The Balaban J connectivity index is 1.63. The molecule has 26 heavy (non-hydrogen) atoms. The average molecular weight is 352 g/mol. The highest BCUT2D eigenvalue weighted by Gasteiger charge is 2.18. The number of likely N-dealkylation sites (N-methyl/N-ethyl adjacent to an activating group) is 1. The molecule has 0 radical (unpaired) electrons. The molecule has 0 atom stereocenters. The van der Waals surface area contributed by atoms with Gasteiger partial charge >= 0.3 is 0 Å². The first-order valence-electron chi connectivity index (χ1n) is 8.69. The minimum absolute atomic E-state index is 0.259. The molecule has 1 fully saturated rings. The van der Waals surface area contributed by atoms with Crippen LogP contribution in [-0.4, -0.2) is 57.9 Å². The van der Waals surface area contributed by atoms with E-state index in [0.717, 1.165) is 54.8 Å². The molecule has 2 aromatic heterocycles. The fourth-order valence-electron chi connectivity index (χ4n) is 3.09. The fourth-order valence-corrected chi connectivity index (χ4v) is 3.09. The second-order valence-electron chi connectivity index (χ2n) is 6.58. The van der Waals surface area contributed by atoms with Gasteiger partial charge in [-0.25, -0.2) is 19.0 Å². The number of piperazine rings is 1. The van der Waals surface area contributed by atoms with E-state index in [-0.39, 0.29) is 5.82 Å². The molecule has 3 aromatic rings. The molecule has 1 aliphatic rings. The standard InChI is InChI=1S/C19H21FN6/c1-14-17(13-26(23-14)16-5-3-15(20)4-6-16)18-7-8-21-19(22-18)25-11-9-24(2)10-12-25/h3-8,13H,9-12H2,1-2H3. The number of rotatable bonds is 3. The van der Waals surface area contributed by atoms with E-state index in [1.807, 2.05) is 19.2 Å². The minimum atomic E-state index is -0.259. The molecule has 7 heteroatoms. The second-order valence-corrected chi connectivity index (χ2v) is 6.58. The van der Waals surface area contributed by atoms with Crippen LogP contribution in [0.1, 0.15) is 5.69 Å². The topological polar surface area (TPSA) is 50.1 Å². The van der Waals surface area contributed by atoms with Crippen LogP contribution in [0.4, 0.5) is 10.3 Å². The summed E-state index contributed by atoms with van der Waals surface area (Å²) in [6.45, 7) is 5.82. The molecule has 0 amide bonds. The molecule has 1 saturated heterocycles. The van der Waals surface area contributed by atoms with Gasteiger partial charge < -0.3 is 9.80 Å². The van der Waals surface area contributed by atoms with Crippen LogP contribution in [0.2, 0.25) is 0 Å². The van der Waals surface area contributed by atoms with Gasteiger partial charge in [0.05, 0.1) is 17.1 Å². The summed E-state index contributed by atoms with van der Waals surface area (Å²) in [7, 11) is 2.13. The van der Waals surface area contributed by atoms with Crippen molar-refractivity contribution >= 4 is 5.95 Å². The summed E-state index contributed by atoms with van der Waals surface area (Å²) in [5.74, 6) is 0.495. The van der Waals surface area contributed by atoms with Gasteiger partial charge in [0, 0.05) is 44.1 Å². The third-order valence-electron chi connectivity index (χ3n) is 4.70. The lowest BCUT2D eigenvalue weighted by Gasteiger charge is -2.32. The van der Waals surface area contributed by atoms with Crippen molar-refractivity contribution < 1.29 is 4.39 Å². The van der Waals surface area contributed by atoms with Gasteiger partial charge in [0.25, 0.3) is 0 Å². The number of aromatic nitrogens is 4. The minimum Gasteiger partial charge on any atom is -0.338 e. The molecule has 1 aliphatic heterocycles. The molecule has 3 heterocycles. The first kappa shape index (κ1) is 16.7. The first-order chi connectivity index (χ1) is 12.6. The molecular formula is C19H21FN6. The van der Waals surface area contributed by atoms with Crippen molar-refractivity contribution in [2.75, 3.05) is 38.1 Å². The highest BCUT2D eigenvalue weighted by atomic mass is 19.1. The van der Waals surface area contributed by atoms with Crippen LogP contribution in [-0.2, 0) is 0 Å². The van der Waals surface area contributed by atoms with Crippen molar-refractivity contribution in [2.24, 2.45) is 0 Å². The molecule has 0 N–H and O–H groups in total. The van der Waals surface area contributed by atoms with Crippen molar-refractivity contribution in [3.63, 3.8) is 0 Å². The van der Waals surface area contributed by atoms with Crippen LogP contribution in [0, 0.1) is 12.7 Å². The Morgan fingerprint density at radius 3 is 2.46 bits per heavy atom. The van der Waals surface area contributed by atoms with Gasteiger partial charge in [-0.3, -0.25) is 0 Å². The van der Waals surface area contributed by atoms with E-state index in [1.165, 1.54) is 12.1 Å². The van der Waals surface area contributed by atoms with E-state index in [2.05, 4.69) is 26.9 Å². The Labute approximate surface area is 151 Å². The van der Waals surface area contributed by atoms with Gasteiger partial charge in [-0.05, 0) is 44.3 Å². The van der Waals surface area contributed by atoms with E-state index in [4.69, 9.17) is 4.98 Å². The van der Waals surface area contributed by atoms with Gasteiger partial charge in [0.15, 0.2) is 0 Å². The molecule has 0 saturated carbocycles. The third-order valence-corrected chi connectivity index (χ3v) is 4.70. The predicted molar refractivity (Wildman–Crippen MR) is 99.0 cm³/mol.